The van der Waals surface area contributed by atoms with Gasteiger partial charge in [0, 0.05) is 23.7 Å². The first-order valence-corrected chi connectivity index (χ1v) is 38.3. The molecular weight excluding hydrogens is 1890 g/mol. The number of esters is 1. The van der Waals surface area contributed by atoms with Gasteiger partial charge in [-0.3, -0.25) is 0 Å². The van der Waals surface area contributed by atoms with Gasteiger partial charge in [0.15, 0.2) is 13.2 Å². The predicted octanol–water partition coefficient (Wildman–Crippen LogP) is 27.8. The molecule has 696 valence electrons. The molecule has 14 nitrogen and oxygen atoms in total. The average molecular weight is 1980 g/mol. The topological polar surface area (TPSA) is 186 Å². The van der Waals surface area contributed by atoms with Gasteiger partial charge in [-0.2, -0.15) is 92.2 Å². The van der Waals surface area contributed by atoms with E-state index in [4.69, 9.17) is 137 Å². The van der Waals surface area contributed by atoms with Crippen molar-refractivity contribution in [3.05, 3.63) is 238 Å². The Hall–Kier alpha value is -8.33. The molecule has 0 aliphatic rings. The van der Waals surface area contributed by atoms with Crippen molar-refractivity contribution >= 4 is 111 Å². The fourth-order valence-corrected chi connectivity index (χ4v) is 12.1. The number of benzene rings is 8. The van der Waals surface area contributed by atoms with Crippen LogP contribution in [-0.2, 0) is 64.0 Å². The number of carbonyl (C=O) groups excluding carboxylic acids is 1. The van der Waals surface area contributed by atoms with Gasteiger partial charge in [-0.15, -0.1) is 0 Å². The number of nitrogens with zero attached hydrogens (tertiary/aromatic N) is 1. The van der Waals surface area contributed by atoms with Gasteiger partial charge in [0.2, 0.25) is 0 Å². The summed E-state index contributed by atoms with van der Waals surface area (Å²) in [7, 11) is 4.17. The molecule has 0 radical (unpaired) electrons. The first-order chi connectivity index (χ1) is 57.2. The van der Waals surface area contributed by atoms with Crippen LogP contribution < -0.4 is 34.2 Å². The monoisotopic (exact) mass is 1970 g/mol. The lowest BCUT2D eigenvalue weighted by Crippen LogP contribution is -2.28. The van der Waals surface area contributed by atoms with Gasteiger partial charge in [-0.05, 0) is 216 Å². The molecule has 0 fully saturated rings. The molecular formula is C81H80Cl8F22N2O12. The molecule has 0 saturated carbocycles. The number of carboxylic acids is 2. The third kappa shape index (κ3) is 37.9. The Morgan fingerprint density at radius 1 is 0.376 bits per heavy atom. The van der Waals surface area contributed by atoms with E-state index in [0.29, 0.717) is 62.7 Å². The maximum Gasteiger partial charge on any atom is 0.417 e. The Morgan fingerprint density at radius 3 is 0.952 bits per heavy atom. The first-order valence-electron chi connectivity index (χ1n) is 35.3. The molecule has 0 aromatic heterocycles. The number of ether oxygens (including phenoxy) is 7. The van der Waals surface area contributed by atoms with Gasteiger partial charge in [-0.25, -0.2) is 18.8 Å². The van der Waals surface area contributed by atoms with E-state index in [1.807, 2.05) is 33.8 Å². The summed E-state index contributed by atoms with van der Waals surface area (Å²) in [6, 6.07) is 16.2. The lowest BCUT2D eigenvalue weighted by atomic mass is 10.1. The molecule has 0 atom stereocenters. The minimum atomic E-state index is -4.55. The maximum atomic E-state index is 12.7. The maximum absolute atomic E-state index is 12.7. The molecule has 44 heteroatoms. The van der Waals surface area contributed by atoms with E-state index in [1.165, 1.54) is 67.9 Å². The summed E-state index contributed by atoms with van der Waals surface area (Å²) in [5.74, 6) is -1.97. The number of carboxylic acid groups (broad SMARTS) is 2. The van der Waals surface area contributed by atoms with E-state index >= 15 is 0 Å². The fraction of sp³-hybridized carbons (Fsp3) is 0.370. The van der Waals surface area contributed by atoms with Crippen LogP contribution in [0.5, 0.6) is 34.5 Å². The quantitative estimate of drug-likeness (QED) is 0.0513. The molecule has 8 aromatic carbocycles. The third-order valence-corrected chi connectivity index (χ3v) is 19.0. The second-order valence-electron chi connectivity index (χ2n) is 25.5. The van der Waals surface area contributed by atoms with Crippen LogP contribution in [0.1, 0.15) is 120 Å². The fourth-order valence-electron chi connectivity index (χ4n) is 9.86. The minimum absolute atomic E-state index is 0.0189. The van der Waals surface area contributed by atoms with Gasteiger partial charge in [0.25, 0.3) is 0 Å². The number of rotatable bonds is 19. The number of nitrogens with two attached hydrogens (primary N) is 1. The molecule has 0 heterocycles. The Labute approximate surface area is 743 Å². The number of halogens is 30. The lowest BCUT2D eigenvalue weighted by molar-refractivity contribution is -0.140. The molecule has 0 aliphatic carbocycles. The lowest BCUT2D eigenvalue weighted by Gasteiger charge is -2.19. The summed E-state index contributed by atoms with van der Waals surface area (Å²) in [6.07, 6.45) is -30.5. The summed E-state index contributed by atoms with van der Waals surface area (Å²) in [4.78, 5) is 33.8. The highest BCUT2D eigenvalue weighted by atomic mass is 35.5. The molecule has 125 heavy (non-hydrogen) atoms. The molecule has 0 unspecified atom stereocenters. The summed E-state index contributed by atoms with van der Waals surface area (Å²) in [5, 5.41) is 15.4. The van der Waals surface area contributed by atoms with Gasteiger partial charge in [-0.1, -0.05) is 114 Å². The second kappa shape index (κ2) is 50.4. The number of hydrogen-bond donors (Lipinski definition) is 3. The standard InChI is InChI=1S/C14H19ClF3NO.C10H12Cl2O.C10H11ClF3NO.2C10H8ClF3O3.C10H9F3O2.C9H8ClF3O.C8H5ClF4/c1-4-19(5-2)6-7-20-13-9-12(15)11(8-10(13)3)14(16,17)18;1-4-7-8(11)5-9(13-3)6(2)10(7)12;1-6-4-7(10(12,13)14)8(11)5-9(6)16-3-2-15;2*1-5-2-6(10(12,13)14)7(11)3-8(5)17-4-9(15)16;1-6-5-7(10(11,12)13)3-4-8(6)9(14)15-2;1-5-3-6(9(11,12)13)7(10)4-8(5)14-2;1-4-2-5(8(11,12)13)6(9)3-7(4)10/h8-9H,4-7H2,1-3H3;5H,4H2,1-3H3;4-5H,2-3,15H2,1H3;2*2-3H,4H2,1H3,(H,15,16);3-5H,1-2H3;3-4H,1-2H3;2-3H,1H3. The molecule has 0 aliphatic heterocycles. The zero-order chi connectivity index (χ0) is 96.9. The van der Waals surface area contributed by atoms with Gasteiger partial charge in [0.1, 0.15) is 53.5 Å². The van der Waals surface area contributed by atoms with Crippen LogP contribution in [0.25, 0.3) is 0 Å². The van der Waals surface area contributed by atoms with Gasteiger partial charge >= 0.3 is 61.1 Å². The SMILES string of the molecule is CCN(CC)CCOc1cc(Cl)c(C(F)(F)F)cc1C.CCc1c(Cl)cc(OC)c(C)c1Cl.COC(=O)c1ccc(C(F)(F)F)cc1C.COc1cc(Cl)c(C(F)(F)F)cc1C.Cc1cc(C(F)(F)F)c(Cl)cc1F.Cc1cc(C(F)(F)F)c(Cl)cc1OCC(=O)O.Cc1cc(C(F)(F)F)c(Cl)cc1OCC(=O)O.Cc1cc(C(F)(F)F)c(Cl)cc1OCCN. The van der Waals surface area contributed by atoms with Crippen molar-refractivity contribution < 1.29 is 154 Å². The smallest absolute Gasteiger partial charge is 0.417 e. The largest absolute Gasteiger partial charge is 0.496 e. The summed E-state index contributed by atoms with van der Waals surface area (Å²) in [5.41, 5.74) is 2.80. The van der Waals surface area contributed by atoms with E-state index in [9.17, 15) is 111 Å². The number of methoxy groups -OCH3 is 3. The number of likely N-dealkylation sites (N-methyl/N-ethyl adjacent to an activating group) is 1. The highest BCUT2D eigenvalue weighted by Gasteiger charge is 2.39. The van der Waals surface area contributed by atoms with E-state index < -0.39 is 134 Å². The Morgan fingerprint density at radius 2 is 0.672 bits per heavy atom. The van der Waals surface area contributed by atoms with Crippen LogP contribution >= 0.6 is 92.8 Å². The van der Waals surface area contributed by atoms with Crippen LogP contribution in [0.3, 0.4) is 0 Å². The minimum Gasteiger partial charge on any atom is -0.496 e. The Bertz CT molecular complexity index is 4820. The van der Waals surface area contributed by atoms with Crippen molar-refractivity contribution in [1.82, 2.24) is 4.90 Å². The third-order valence-electron chi connectivity index (χ3n) is 16.3. The predicted molar refractivity (Wildman–Crippen MR) is 432 cm³/mol. The Balaban J connectivity index is 0.000000717. The summed E-state index contributed by atoms with van der Waals surface area (Å²) >= 11 is 44.9. The zero-order valence-corrected chi connectivity index (χ0v) is 74.0. The van der Waals surface area contributed by atoms with Crippen molar-refractivity contribution in [2.24, 2.45) is 5.73 Å². The summed E-state index contributed by atoms with van der Waals surface area (Å²) in [6.45, 7) is 20.3. The number of aryl methyl sites for hydroxylation is 7. The van der Waals surface area contributed by atoms with Crippen molar-refractivity contribution in [2.45, 2.75) is 126 Å². The molecule has 8 aromatic rings. The molecule has 0 amide bonds. The highest BCUT2D eigenvalue weighted by Crippen LogP contribution is 2.45. The molecule has 4 N–H and O–H groups in total. The number of alkyl halides is 21. The first kappa shape index (κ1) is 115. The normalized spacial score (nSPS) is 11.4. The van der Waals surface area contributed by atoms with Gasteiger partial charge in [0.05, 0.1) is 101 Å². The molecule has 0 saturated heterocycles. The van der Waals surface area contributed by atoms with Crippen molar-refractivity contribution in [3.8, 4) is 34.5 Å². The molecule has 0 bridgehead atoms. The number of aliphatic carboxylic acids is 2. The van der Waals surface area contributed by atoms with Crippen molar-refractivity contribution in [2.75, 3.05) is 73.9 Å². The molecule has 8 rings (SSSR count). The summed E-state index contributed by atoms with van der Waals surface area (Å²) < 4.78 is 308. The van der Waals surface area contributed by atoms with E-state index in [1.54, 1.807) is 14.0 Å². The van der Waals surface area contributed by atoms with E-state index in [0.717, 1.165) is 110 Å². The number of carbonyl (C=O) groups is 3. The van der Waals surface area contributed by atoms with Gasteiger partial charge < -0.3 is 54.0 Å². The van der Waals surface area contributed by atoms with Crippen LogP contribution in [0, 0.1) is 61.2 Å². The van der Waals surface area contributed by atoms with E-state index in [-0.39, 0.29) is 67.5 Å². The van der Waals surface area contributed by atoms with E-state index in [2.05, 4.69) is 9.64 Å². The number of hydrogen-bond acceptors (Lipinski definition) is 12. The van der Waals surface area contributed by atoms with Crippen LogP contribution in [-0.4, -0.2) is 107 Å². The second-order valence-corrected chi connectivity index (χ2v) is 28.7. The average Bonchev–Trinajstić information content (AvgIpc) is 0.842. The van der Waals surface area contributed by atoms with Crippen molar-refractivity contribution in [3.63, 3.8) is 0 Å². The highest BCUT2D eigenvalue weighted by molar-refractivity contribution is 6.37. The van der Waals surface area contributed by atoms with Crippen LogP contribution in [0.2, 0.25) is 40.2 Å². The van der Waals surface area contributed by atoms with Crippen LogP contribution in [0.15, 0.2) is 97.1 Å². The zero-order valence-electron chi connectivity index (χ0n) is 67.9. The van der Waals surface area contributed by atoms with Crippen molar-refractivity contribution in [1.29, 1.82) is 0 Å². The molecule has 0 spiro atoms. The Kier molecular flexibility index (Phi) is 46.3. The van der Waals surface area contributed by atoms with Crippen LogP contribution in [0.4, 0.5) is 96.6 Å².